The van der Waals surface area contributed by atoms with Gasteiger partial charge in [-0.2, -0.15) is 0 Å². The van der Waals surface area contributed by atoms with E-state index in [1.54, 1.807) is 25.1 Å². The van der Waals surface area contributed by atoms with Gasteiger partial charge in [-0.15, -0.1) is 0 Å². The molecule has 140 valence electrons. The number of halogens is 3. The minimum atomic E-state index is -0.793. The maximum absolute atomic E-state index is 14.5. The second-order valence-electron chi connectivity index (χ2n) is 7.14. The summed E-state index contributed by atoms with van der Waals surface area (Å²) >= 11 is 0. The molecule has 0 N–H and O–H groups in total. The van der Waals surface area contributed by atoms with Crippen molar-refractivity contribution in [1.29, 1.82) is 0 Å². The molecule has 1 aliphatic carbocycles. The van der Waals surface area contributed by atoms with Crippen molar-refractivity contribution in [2.75, 3.05) is 6.61 Å². The van der Waals surface area contributed by atoms with Crippen LogP contribution in [-0.4, -0.2) is 6.61 Å². The lowest BCUT2D eigenvalue weighted by molar-refractivity contribution is 0.131. The lowest BCUT2D eigenvalue weighted by Crippen LogP contribution is -2.14. The summed E-state index contributed by atoms with van der Waals surface area (Å²) in [5, 5.41) is 0. The average molecular weight is 362 g/mol. The quantitative estimate of drug-likeness (QED) is 0.599. The van der Waals surface area contributed by atoms with E-state index < -0.39 is 11.6 Å². The zero-order valence-corrected chi connectivity index (χ0v) is 15.3. The second-order valence-corrected chi connectivity index (χ2v) is 7.14. The lowest BCUT2D eigenvalue weighted by Gasteiger charge is -2.29. The topological polar surface area (TPSA) is 9.23 Å². The summed E-state index contributed by atoms with van der Waals surface area (Å²) in [6, 6.07) is 8.73. The molecule has 1 saturated carbocycles. The fourth-order valence-electron chi connectivity index (χ4n) is 3.84. The van der Waals surface area contributed by atoms with Gasteiger partial charge in [0.2, 0.25) is 0 Å². The molecule has 2 aromatic carbocycles. The van der Waals surface area contributed by atoms with Gasteiger partial charge in [-0.25, -0.2) is 13.2 Å². The Balaban J connectivity index is 1.69. The predicted octanol–water partition coefficient (Wildman–Crippen LogP) is 6.39. The third-order valence-electron chi connectivity index (χ3n) is 5.49. The van der Waals surface area contributed by atoms with E-state index in [1.807, 2.05) is 19.1 Å². The maximum atomic E-state index is 14.5. The number of aryl methyl sites for hydroxylation is 1. The summed E-state index contributed by atoms with van der Waals surface area (Å²) in [7, 11) is 0. The van der Waals surface area contributed by atoms with Gasteiger partial charge in [0.15, 0.2) is 11.6 Å². The zero-order valence-electron chi connectivity index (χ0n) is 15.3. The van der Waals surface area contributed by atoms with Crippen molar-refractivity contribution in [3.8, 4) is 0 Å². The fourth-order valence-corrected chi connectivity index (χ4v) is 3.84. The smallest absolute Gasteiger partial charge is 0.164 e. The van der Waals surface area contributed by atoms with Crippen LogP contribution in [0.15, 0.2) is 30.3 Å². The Kier molecular flexibility index (Phi) is 6.02. The minimum Gasteiger partial charge on any atom is -0.377 e. The van der Waals surface area contributed by atoms with Crippen molar-refractivity contribution in [1.82, 2.24) is 0 Å². The van der Waals surface area contributed by atoms with Crippen LogP contribution in [0.25, 0.3) is 0 Å². The van der Waals surface area contributed by atoms with Gasteiger partial charge in [0.1, 0.15) is 5.82 Å². The summed E-state index contributed by atoms with van der Waals surface area (Å²) in [4.78, 5) is 0. The van der Waals surface area contributed by atoms with E-state index in [-0.39, 0.29) is 29.8 Å². The molecule has 4 heteroatoms. The van der Waals surface area contributed by atoms with Crippen LogP contribution in [0.1, 0.15) is 66.7 Å². The molecule has 0 bridgehead atoms. The van der Waals surface area contributed by atoms with Gasteiger partial charge in [0, 0.05) is 12.2 Å². The first kappa shape index (κ1) is 19.0. The largest absolute Gasteiger partial charge is 0.377 e. The molecule has 0 atom stereocenters. The van der Waals surface area contributed by atoms with E-state index >= 15 is 0 Å². The summed E-state index contributed by atoms with van der Waals surface area (Å²) in [6.45, 7) is 4.13. The molecule has 1 aliphatic rings. The number of hydrogen-bond acceptors (Lipinski definition) is 1. The predicted molar refractivity (Wildman–Crippen MR) is 96.8 cm³/mol. The van der Waals surface area contributed by atoms with Gasteiger partial charge < -0.3 is 4.74 Å². The molecule has 0 aliphatic heterocycles. The molecule has 0 spiro atoms. The summed E-state index contributed by atoms with van der Waals surface area (Å²) < 4.78 is 47.8. The third kappa shape index (κ3) is 3.96. The molecular formula is C22H25F3O. The van der Waals surface area contributed by atoms with Crippen molar-refractivity contribution >= 4 is 0 Å². The van der Waals surface area contributed by atoms with Crippen molar-refractivity contribution < 1.29 is 17.9 Å². The second kappa shape index (κ2) is 8.26. The van der Waals surface area contributed by atoms with E-state index in [9.17, 15) is 13.2 Å². The Labute approximate surface area is 153 Å². The van der Waals surface area contributed by atoms with E-state index in [1.165, 1.54) is 0 Å². The number of hydrogen-bond donors (Lipinski definition) is 0. The van der Waals surface area contributed by atoms with Crippen LogP contribution in [-0.2, 0) is 11.3 Å². The molecule has 1 nitrogen and oxygen atoms in total. The van der Waals surface area contributed by atoms with Crippen LogP contribution in [0.4, 0.5) is 13.2 Å². The van der Waals surface area contributed by atoms with Crippen LogP contribution >= 0.6 is 0 Å². The van der Waals surface area contributed by atoms with E-state index in [0.29, 0.717) is 17.7 Å². The summed E-state index contributed by atoms with van der Waals surface area (Å²) in [5.41, 5.74) is 2.37. The van der Waals surface area contributed by atoms with Crippen LogP contribution in [0.5, 0.6) is 0 Å². The van der Waals surface area contributed by atoms with Crippen molar-refractivity contribution in [3.05, 3.63) is 70.0 Å². The van der Waals surface area contributed by atoms with Gasteiger partial charge in [-0.3, -0.25) is 0 Å². The first-order valence-electron chi connectivity index (χ1n) is 9.31. The Hall–Kier alpha value is -1.81. The Morgan fingerprint density at radius 1 is 0.923 bits per heavy atom. The highest BCUT2D eigenvalue weighted by Crippen LogP contribution is 2.41. The third-order valence-corrected chi connectivity index (χ3v) is 5.49. The number of ether oxygens (including phenoxy) is 1. The summed E-state index contributed by atoms with van der Waals surface area (Å²) in [5.74, 6) is -1.42. The number of rotatable bonds is 5. The Bertz CT molecular complexity index is 764. The molecule has 0 heterocycles. The highest BCUT2D eigenvalue weighted by atomic mass is 19.2. The molecule has 3 rings (SSSR count). The van der Waals surface area contributed by atoms with E-state index in [4.69, 9.17) is 4.74 Å². The lowest BCUT2D eigenvalue weighted by atomic mass is 9.76. The first-order chi connectivity index (χ1) is 12.5. The van der Waals surface area contributed by atoms with Crippen LogP contribution in [0, 0.1) is 24.4 Å². The highest BCUT2D eigenvalue weighted by molar-refractivity contribution is 5.31. The molecule has 1 fully saturated rings. The normalized spacial score (nSPS) is 20.3. The van der Waals surface area contributed by atoms with Crippen molar-refractivity contribution in [2.24, 2.45) is 0 Å². The standard InChI is InChI=1S/C22H25F3O/c1-3-26-13-18-10-11-19(22(25)21(18)24)16-8-6-15(7-9-16)17-5-4-14(2)20(23)12-17/h4-5,10-12,15-16H,3,6-9,13H2,1-2H3. The molecule has 0 aromatic heterocycles. The Morgan fingerprint density at radius 2 is 1.62 bits per heavy atom. The van der Waals surface area contributed by atoms with E-state index in [0.717, 1.165) is 31.2 Å². The van der Waals surface area contributed by atoms with Crippen LogP contribution in [0.3, 0.4) is 0 Å². The maximum Gasteiger partial charge on any atom is 0.164 e. The average Bonchev–Trinajstić information content (AvgIpc) is 2.65. The molecule has 0 radical (unpaired) electrons. The van der Waals surface area contributed by atoms with Gasteiger partial charge in [-0.1, -0.05) is 24.3 Å². The molecule has 0 saturated heterocycles. The van der Waals surface area contributed by atoms with Gasteiger partial charge >= 0.3 is 0 Å². The van der Waals surface area contributed by atoms with Crippen LogP contribution in [0.2, 0.25) is 0 Å². The highest BCUT2D eigenvalue weighted by Gasteiger charge is 2.27. The van der Waals surface area contributed by atoms with E-state index in [2.05, 4.69) is 0 Å². The Morgan fingerprint density at radius 3 is 2.27 bits per heavy atom. The molecular weight excluding hydrogens is 337 g/mol. The fraction of sp³-hybridized carbons (Fsp3) is 0.455. The SMILES string of the molecule is CCOCc1ccc(C2CCC(c3ccc(C)c(F)c3)CC2)c(F)c1F. The van der Waals surface area contributed by atoms with Crippen molar-refractivity contribution in [3.63, 3.8) is 0 Å². The van der Waals surface area contributed by atoms with Gasteiger partial charge in [0.25, 0.3) is 0 Å². The molecule has 26 heavy (non-hydrogen) atoms. The summed E-state index contributed by atoms with van der Waals surface area (Å²) in [6.07, 6.45) is 3.27. The molecule has 0 unspecified atom stereocenters. The molecule has 0 amide bonds. The number of benzene rings is 2. The van der Waals surface area contributed by atoms with Gasteiger partial charge in [-0.05, 0) is 74.1 Å². The van der Waals surface area contributed by atoms with Crippen LogP contribution < -0.4 is 0 Å². The minimum absolute atomic E-state index is 0.0113. The first-order valence-corrected chi connectivity index (χ1v) is 9.31. The van der Waals surface area contributed by atoms with Gasteiger partial charge in [0.05, 0.1) is 6.61 Å². The zero-order chi connectivity index (χ0) is 18.7. The van der Waals surface area contributed by atoms with Crippen molar-refractivity contribution in [2.45, 2.75) is 58.0 Å². The molecule has 2 aromatic rings. The monoisotopic (exact) mass is 362 g/mol.